The number of nitrogens with zero attached hydrogens (tertiary/aromatic N) is 1. The standard InChI is InChI=1S/C10H10Br3NO2/c1-3-14(4-2)8-7(13)9(15)5(11)6(12)10(8)16/h3-4H2,1-2H3. The SMILES string of the molecule is CCN(CC)C1=C(Br)C(=O)C(Br)=C(Br)C1=O. The highest BCUT2D eigenvalue weighted by Crippen LogP contribution is 2.35. The van der Waals surface area contributed by atoms with Crippen LogP contribution in [0.5, 0.6) is 0 Å². The van der Waals surface area contributed by atoms with E-state index in [0.717, 1.165) is 0 Å². The summed E-state index contributed by atoms with van der Waals surface area (Å²) >= 11 is 9.43. The van der Waals surface area contributed by atoms with Crippen molar-refractivity contribution in [3.63, 3.8) is 0 Å². The average molecular weight is 416 g/mol. The van der Waals surface area contributed by atoms with Crippen LogP contribution in [0.2, 0.25) is 0 Å². The zero-order valence-electron chi connectivity index (χ0n) is 8.81. The summed E-state index contributed by atoms with van der Waals surface area (Å²) < 4.78 is 0.860. The second kappa shape index (κ2) is 5.60. The molecule has 0 aromatic carbocycles. The van der Waals surface area contributed by atoms with Gasteiger partial charge in [-0.2, -0.15) is 0 Å². The van der Waals surface area contributed by atoms with Crippen LogP contribution in [0.1, 0.15) is 13.8 Å². The van der Waals surface area contributed by atoms with Crippen LogP contribution in [0, 0.1) is 0 Å². The summed E-state index contributed by atoms with van der Waals surface area (Å²) in [5.41, 5.74) is 0.421. The lowest BCUT2D eigenvalue weighted by molar-refractivity contribution is -0.116. The van der Waals surface area contributed by atoms with Crippen LogP contribution < -0.4 is 0 Å². The van der Waals surface area contributed by atoms with Crippen molar-refractivity contribution >= 4 is 59.4 Å². The van der Waals surface area contributed by atoms with Gasteiger partial charge < -0.3 is 4.90 Å². The highest BCUT2D eigenvalue weighted by atomic mass is 79.9. The summed E-state index contributed by atoms with van der Waals surface area (Å²) in [6.07, 6.45) is 0. The number of hydrogen-bond donors (Lipinski definition) is 0. The van der Waals surface area contributed by atoms with Crippen molar-refractivity contribution in [3.05, 3.63) is 19.1 Å². The van der Waals surface area contributed by atoms with Gasteiger partial charge in [-0.1, -0.05) is 0 Å². The highest BCUT2D eigenvalue weighted by molar-refractivity contribution is 9.15. The molecule has 1 aliphatic rings. The number of likely N-dealkylation sites (N-methyl/N-ethyl adjacent to an activating group) is 1. The van der Waals surface area contributed by atoms with E-state index in [1.807, 2.05) is 18.7 Å². The summed E-state index contributed by atoms with van der Waals surface area (Å²) in [4.78, 5) is 25.7. The van der Waals surface area contributed by atoms with Crippen LogP contribution in [0.3, 0.4) is 0 Å². The van der Waals surface area contributed by atoms with Gasteiger partial charge in [-0.15, -0.1) is 0 Å². The highest BCUT2D eigenvalue weighted by Gasteiger charge is 2.33. The summed E-state index contributed by atoms with van der Waals surface area (Å²) in [6, 6.07) is 0. The van der Waals surface area contributed by atoms with Crippen LogP contribution in [0.4, 0.5) is 0 Å². The third-order valence-electron chi connectivity index (χ3n) is 2.29. The first-order valence-electron chi connectivity index (χ1n) is 4.75. The summed E-state index contributed by atoms with van der Waals surface area (Å²) in [5, 5.41) is 0. The molecule has 0 amide bonds. The third kappa shape index (κ3) is 2.33. The molecule has 0 fully saturated rings. The minimum Gasteiger partial charge on any atom is -0.368 e. The molecule has 0 atom stereocenters. The molecular formula is C10H10Br3NO2. The van der Waals surface area contributed by atoms with Crippen LogP contribution in [-0.4, -0.2) is 29.6 Å². The van der Waals surface area contributed by atoms with Gasteiger partial charge in [-0.3, -0.25) is 9.59 Å². The molecule has 0 N–H and O–H groups in total. The molecule has 0 aromatic heterocycles. The molecule has 0 aromatic rings. The van der Waals surface area contributed by atoms with E-state index in [-0.39, 0.29) is 20.5 Å². The van der Waals surface area contributed by atoms with E-state index in [1.54, 1.807) is 0 Å². The maximum atomic E-state index is 12.0. The molecule has 0 aliphatic heterocycles. The molecule has 1 rings (SSSR count). The molecule has 0 radical (unpaired) electrons. The molecule has 16 heavy (non-hydrogen) atoms. The quantitative estimate of drug-likeness (QED) is 0.665. The summed E-state index contributed by atoms with van der Waals surface area (Å²) in [6.45, 7) is 5.24. The van der Waals surface area contributed by atoms with Crippen molar-refractivity contribution in [2.24, 2.45) is 0 Å². The van der Waals surface area contributed by atoms with Gasteiger partial charge in [0.25, 0.3) is 0 Å². The van der Waals surface area contributed by atoms with Gasteiger partial charge in [0.15, 0.2) is 0 Å². The third-order valence-corrected chi connectivity index (χ3v) is 5.07. The molecule has 6 heteroatoms. The van der Waals surface area contributed by atoms with Crippen molar-refractivity contribution in [1.29, 1.82) is 0 Å². The number of ketones is 2. The molecular weight excluding hydrogens is 406 g/mol. The molecule has 88 valence electrons. The fraction of sp³-hybridized carbons (Fsp3) is 0.400. The number of hydrogen-bond acceptors (Lipinski definition) is 3. The Labute approximate surface area is 119 Å². The Kier molecular flexibility index (Phi) is 4.94. The van der Waals surface area contributed by atoms with Gasteiger partial charge >= 0.3 is 0 Å². The predicted octanol–water partition coefficient (Wildman–Crippen LogP) is 3.09. The molecule has 0 spiro atoms. The van der Waals surface area contributed by atoms with E-state index < -0.39 is 0 Å². The van der Waals surface area contributed by atoms with E-state index in [2.05, 4.69) is 47.8 Å². The van der Waals surface area contributed by atoms with E-state index >= 15 is 0 Å². The first-order chi connectivity index (χ1) is 7.45. The molecule has 0 heterocycles. The van der Waals surface area contributed by atoms with Crippen LogP contribution >= 0.6 is 47.8 Å². The molecule has 1 aliphatic carbocycles. The van der Waals surface area contributed by atoms with Crippen LogP contribution in [0.25, 0.3) is 0 Å². The van der Waals surface area contributed by atoms with Gasteiger partial charge in [0, 0.05) is 13.1 Å². The fourth-order valence-electron chi connectivity index (χ4n) is 1.43. The monoisotopic (exact) mass is 413 g/mol. The minimum absolute atomic E-state index is 0.179. The summed E-state index contributed by atoms with van der Waals surface area (Å²) in [7, 11) is 0. The maximum absolute atomic E-state index is 12.0. The van der Waals surface area contributed by atoms with Crippen molar-refractivity contribution in [1.82, 2.24) is 4.90 Å². The molecule has 0 saturated heterocycles. The Balaban J connectivity index is 3.28. The van der Waals surface area contributed by atoms with Crippen molar-refractivity contribution < 1.29 is 9.59 Å². The van der Waals surface area contributed by atoms with E-state index in [4.69, 9.17) is 0 Å². The van der Waals surface area contributed by atoms with Gasteiger partial charge in [-0.05, 0) is 61.6 Å². The Bertz CT molecular complexity index is 408. The van der Waals surface area contributed by atoms with E-state index in [1.165, 1.54) is 0 Å². The predicted molar refractivity (Wildman–Crippen MR) is 73.8 cm³/mol. The summed E-state index contributed by atoms with van der Waals surface area (Å²) in [5.74, 6) is -0.393. The van der Waals surface area contributed by atoms with Gasteiger partial charge in [-0.25, -0.2) is 0 Å². The van der Waals surface area contributed by atoms with Crippen molar-refractivity contribution in [2.45, 2.75) is 13.8 Å². The number of carbonyl (C=O) groups excluding carboxylic acids is 2. The smallest absolute Gasteiger partial charge is 0.218 e. The molecule has 0 saturated carbocycles. The largest absolute Gasteiger partial charge is 0.368 e. The molecule has 0 unspecified atom stereocenters. The van der Waals surface area contributed by atoms with Crippen molar-refractivity contribution in [2.75, 3.05) is 13.1 Å². The van der Waals surface area contributed by atoms with E-state index in [9.17, 15) is 9.59 Å². The lowest BCUT2D eigenvalue weighted by atomic mass is 10.1. The van der Waals surface area contributed by atoms with Gasteiger partial charge in [0.1, 0.15) is 5.70 Å². The normalized spacial score (nSPS) is 17.3. The molecule has 3 nitrogen and oxygen atoms in total. The Morgan fingerprint density at radius 1 is 0.875 bits per heavy atom. The van der Waals surface area contributed by atoms with Gasteiger partial charge in [0.05, 0.1) is 13.4 Å². The topological polar surface area (TPSA) is 37.4 Å². The Morgan fingerprint density at radius 3 is 1.75 bits per heavy atom. The second-order valence-electron chi connectivity index (χ2n) is 3.12. The lowest BCUT2D eigenvalue weighted by Gasteiger charge is -2.26. The fourth-order valence-corrected chi connectivity index (χ4v) is 3.07. The van der Waals surface area contributed by atoms with Crippen LogP contribution in [0.15, 0.2) is 19.1 Å². The maximum Gasteiger partial charge on any atom is 0.218 e. The van der Waals surface area contributed by atoms with Crippen molar-refractivity contribution in [3.8, 4) is 0 Å². The first kappa shape index (κ1) is 14.1. The zero-order chi connectivity index (χ0) is 12.5. The van der Waals surface area contributed by atoms with E-state index in [0.29, 0.717) is 23.3 Å². The van der Waals surface area contributed by atoms with Gasteiger partial charge in [0.2, 0.25) is 11.6 Å². The Hall–Kier alpha value is 0.0600. The number of rotatable bonds is 3. The van der Waals surface area contributed by atoms with Crippen LogP contribution in [-0.2, 0) is 9.59 Å². The first-order valence-corrected chi connectivity index (χ1v) is 7.12. The average Bonchev–Trinajstić information content (AvgIpc) is 2.29. The number of Topliss-reactive ketones (excluding diaryl/α,β-unsaturated/α-hetero) is 2. The Morgan fingerprint density at radius 2 is 1.31 bits per heavy atom. The lowest BCUT2D eigenvalue weighted by Crippen LogP contribution is -2.32. The number of carbonyl (C=O) groups is 2. The zero-order valence-corrected chi connectivity index (χ0v) is 13.6. The molecule has 0 bridgehead atoms. The second-order valence-corrected chi connectivity index (χ2v) is 5.50. The minimum atomic E-state index is -0.214. The number of halogens is 3. The number of allylic oxidation sites excluding steroid dienone is 3.